The third-order valence-electron chi connectivity index (χ3n) is 3.63. The van der Waals surface area contributed by atoms with Crippen molar-refractivity contribution in [2.75, 3.05) is 11.9 Å². The summed E-state index contributed by atoms with van der Waals surface area (Å²) in [4.78, 5) is 16.0. The number of rotatable bonds is 7. The third-order valence-corrected chi connectivity index (χ3v) is 4.10. The Bertz CT molecular complexity index is 469. The number of nitrogens with one attached hydrogen (secondary N) is 1. The normalized spacial score (nSPS) is 12.5. The van der Waals surface area contributed by atoms with Gasteiger partial charge in [0.25, 0.3) is 0 Å². The molecule has 0 aliphatic heterocycles. The molecule has 0 aliphatic carbocycles. The van der Waals surface area contributed by atoms with E-state index in [1.807, 2.05) is 6.92 Å². The number of carbonyl (C=O) groups is 1. The molecule has 1 aromatic rings. The van der Waals surface area contributed by atoms with Crippen molar-refractivity contribution < 1.29 is 4.79 Å². The van der Waals surface area contributed by atoms with Gasteiger partial charge in [0.1, 0.15) is 5.15 Å². The summed E-state index contributed by atoms with van der Waals surface area (Å²) in [6.45, 7) is 6.79. The average Bonchev–Trinajstić information content (AvgIpc) is 2.38. The molecule has 4 nitrogen and oxygen atoms in total. The van der Waals surface area contributed by atoms with E-state index in [2.05, 4.69) is 24.1 Å². The van der Waals surface area contributed by atoms with Crippen LogP contribution in [0.5, 0.6) is 0 Å². The fourth-order valence-corrected chi connectivity index (χ4v) is 2.87. The maximum atomic E-state index is 12.1. The number of nitrogens with zero attached hydrogens (tertiary/aromatic N) is 1. The fourth-order valence-electron chi connectivity index (χ4n) is 2.29. The van der Waals surface area contributed by atoms with E-state index < -0.39 is 0 Å². The minimum atomic E-state index is -0.0632. The van der Waals surface area contributed by atoms with Gasteiger partial charge < -0.3 is 11.1 Å². The maximum Gasteiger partial charge on any atom is 0.224 e. The molecule has 1 atom stereocenters. The van der Waals surface area contributed by atoms with Crippen LogP contribution in [-0.2, 0) is 4.79 Å². The molecular formula is C15H23Cl2N3O. The number of aryl methyl sites for hydroxylation is 1. The van der Waals surface area contributed by atoms with Crippen LogP contribution in [0.2, 0.25) is 10.3 Å². The van der Waals surface area contributed by atoms with Crippen LogP contribution in [-0.4, -0.2) is 17.4 Å². The lowest BCUT2D eigenvalue weighted by Gasteiger charge is -2.19. The van der Waals surface area contributed by atoms with E-state index >= 15 is 0 Å². The molecule has 1 heterocycles. The Balaban J connectivity index is 2.62. The molecule has 118 valence electrons. The molecule has 0 bridgehead atoms. The highest BCUT2D eigenvalue weighted by Crippen LogP contribution is 2.27. The Kier molecular flexibility index (Phi) is 7.43. The van der Waals surface area contributed by atoms with Crippen molar-refractivity contribution in [3.63, 3.8) is 0 Å². The number of anilines is 1. The minimum absolute atomic E-state index is 0.0632. The van der Waals surface area contributed by atoms with Crippen molar-refractivity contribution in [1.82, 2.24) is 4.98 Å². The molecule has 0 fully saturated rings. The summed E-state index contributed by atoms with van der Waals surface area (Å²) in [5.41, 5.74) is 6.95. The van der Waals surface area contributed by atoms with Gasteiger partial charge in [-0.2, -0.15) is 0 Å². The lowest BCUT2D eigenvalue weighted by atomic mass is 9.88. The second-order valence-electron chi connectivity index (χ2n) is 5.60. The quantitative estimate of drug-likeness (QED) is 0.741. The maximum absolute atomic E-state index is 12.1. The smallest absolute Gasteiger partial charge is 0.224 e. The molecule has 21 heavy (non-hydrogen) atoms. The highest BCUT2D eigenvalue weighted by atomic mass is 35.5. The monoisotopic (exact) mass is 331 g/mol. The van der Waals surface area contributed by atoms with Gasteiger partial charge >= 0.3 is 0 Å². The molecular weight excluding hydrogens is 309 g/mol. The van der Waals surface area contributed by atoms with Crippen LogP contribution >= 0.6 is 23.2 Å². The predicted molar refractivity (Wildman–Crippen MR) is 88.9 cm³/mol. The molecule has 0 aromatic carbocycles. The second kappa shape index (κ2) is 8.57. The lowest BCUT2D eigenvalue weighted by Crippen LogP contribution is -2.19. The summed E-state index contributed by atoms with van der Waals surface area (Å²) >= 11 is 11.8. The van der Waals surface area contributed by atoms with E-state index in [9.17, 15) is 4.79 Å². The summed E-state index contributed by atoms with van der Waals surface area (Å²) < 4.78 is 0. The third kappa shape index (κ3) is 5.81. The second-order valence-corrected chi connectivity index (χ2v) is 6.34. The summed E-state index contributed by atoms with van der Waals surface area (Å²) in [5, 5.41) is 3.35. The zero-order chi connectivity index (χ0) is 16.0. The van der Waals surface area contributed by atoms with Gasteiger partial charge in [-0.15, -0.1) is 0 Å². The summed E-state index contributed by atoms with van der Waals surface area (Å²) in [7, 11) is 0. The molecule has 3 N–H and O–H groups in total. The Morgan fingerprint density at radius 3 is 2.57 bits per heavy atom. The van der Waals surface area contributed by atoms with Crippen LogP contribution < -0.4 is 11.1 Å². The summed E-state index contributed by atoms with van der Waals surface area (Å²) in [6.07, 6.45) is 2.20. The number of carbonyl (C=O) groups excluding carboxylic acids is 1. The van der Waals surface area contributed by atoms with Gasteiger partial charge in [-0.05, 0) is 49.8 Å². The van der Waals surface area contributed by atoms with E-state index in [4.69, 9.17) is 28.9 Å². The first-order chi connectivity index (χ1) is 9.85. The van der Waals surface area contributed by atoms with Crippen molar-refractivity contribution in [1.29, 1.82) is 0 Å². The minimum Gasteiger partial charge on any atom is -0.330 e. The molecule has 0 radical (unpaired) electrons. The standard InChI is InChI=1S/C15H23Cl2N3O/c1-9(2)11(6-7-18)4-5-13(21)20-14-10(3)8-12(16)19-15(14)17/h8-9,11H,4-7,18H2,1-3H3,(H,20,21). The zero-order valence-corrected chi connectivity index (χ0v) is 14.3. The fraction of sp³-hybridized carbons (Fsp3) is 0.600. The van der Waals surface area contributed by atoms with Crippen LogP contribution in [0.1, 0.15) is 38.7 Å². The first-order valence-corrected chi connectivity index (χ1v) is 7.93. The van der Waals surface area contributed by atoms with Crippen molar-refractivity contribution in [3.05, 3.63) is 21.9 Å². The van der Waals surface area contributed by atoms with Gasteiger partial charge in [-0.25, -0.2) is 4.98 Å². The van der Waals surface area contributed by atoms with Crippen LogP contribution in [0.15, 0.2) is 6.07 Å². The molecule has 0 saturated carbocycles. The zero-order valence-electron chi connectivity index (χ0n) is 12.7. The molecule has 0 spiro atoms. The lowest BCUT2D eigenvalue weighted by molar-refractivity contribution is -0.116. The number of pyridine rings is 1. The Morgan fingerprint density at radius 2 is 2.05 bits per heavy atom. The summed E-state index contributed by atoms with van der Waals surface area (Å²) in [5.74, 6) is 0.913. The van der Waals surface area contributed by atoms with Gasteiger partial charge in [0.15, 0.2) is 5.15 Å². The number of nitrogens with two attached hydrogens (primary N) is 1. The van der Waals surface area contributed by atoms with Gasteiger partial charge in [-0.1, -0.05) is 37.0 Å². The topological polar surface area (TPSA) is 68.0 Å². The van der Waals surface area contributed by atoms with E-state index in [0.717, 1.165) is 18.4 Å². The van der Waals surface area contributed by atoms with Crippen molar-refractivity contribution in [2.45, 2.75) is 40.0 Å². The molecule has 0 aliphatic rings. The van der Waals surface area contributed by atoms with Gasteiger partial charge in [-0.3, -0.25) is 4.79 Å². The van der Waals surface area contributed by atoms with Crippen LogP contribution in [0.25, 0.3) is 0 Å². The van der Waals surface area contributed by atoms with Crippen LogP contribution in [0.3, 0.4) is 0 Å². The average molecular weight is 332 g/mol. The molecule has 6 heteroatoms. The Labute approximate surface area is 136 Å². The van der Waals surface area contributed by atoms with Crippen LogP contribution in [0.4, 0.5) is 5.69 Å². The predicted octanol–water partition coefficient (Wildman–Crippen LogP) is 4.04. The van der Waals surface area contributed by atoms with E-state index in [1.54, 1.807) is 6.07 Å². The highest BCUT2D eigenvalue weighted by Gasteiger charge is 2.16. The van der Waals surface area contributed by atoms with Gasteiger partial charge in [0.05, 0.1) is 5.69 Å². The van der Waals surface area contributed by atoms with E-state index in [1.165, 1.54) is 0 Å². The molecule has 1 amide bonds. The van der Waals surface area contributed by atoms with E-state index in [0.29, 0.717) is 35.6 Å². The SMILES string of the molecule is Cc1cc(Cl)nc(Cl)c1NC(=O)CCC(CCN)C(C)C. The van der Waals surface area contributed by atoms with E-state index in [-0.39, 0.29) is 11.1 Å². The number of aromatic nitrogens is 1. The molecule has 1 aromatic heterocycles. The number of hydrogen-bond donors (Lipinski definition) is 2. The molecule has 0 saturated heterocycles. The van der Waals surface area contributed by atoms with Crippen molar-refractivity contribution in [2.24, 2.45) is 17.6 Å². The number of halogens is 2. The first-order valence-electron chi connectivity index (χ1n) is 7.17. The largest absolute Gasteiger partial charge is 0.330 e. The molecule has 1 unspecified atom stereocenters. The highest BCUT2D eigenvalue weighted by molar-refractivity contribution is 6.34. The van der Waals surface area contributed by atoms with Crippen molar-refractivity contribution in [3.8, 4) is 0 Å². The van der Waals surface area contributed by atoms with Gasteiger partial charge in [0.2, 0.25) is 5.91 Å². The Morgan fingerprint density at radius 1 is 1.38 bits per heavy atom. The first kappa shape index (κ1) is 18.2. The van der Waals surface area contributed by atoms with Gasteiger partial charge in [0, 0.05) is 6.42 Å². The number of hydrogen-bond acceptors (Lipinski definition) is 3. The number of amides is 1. The summed E-state index contributed by atoms with van der Waals surface area (Å²) in [6, 6.07) is 1.67. The molecule has 1 rings (SSSR count). The van der Waals surface area contributed by atoms with Crippen molar-refractivity contribution >= 4 is 34.8 Å². The van der Waals surface area contributed by atoms with Crippen LogP contribution in [0, 0.1) is 18.8 Å². The Hall–Kier alpha value is -0.840.